The molecule has 300 valence electrons. The minimum absolute atomic E-state index is 0.0158. The number of amides is 1. The van der Waals surface area contributed by atoms with Crippen LogP contribution < -0.4 is 10.1 Å². The van der Waals surface area contributed by atoms with Crippen molar-refractivity contribution in [2.75, 3.05) is 19.0 Å². The van der Waals surface area contributed by atoms with Gasteiger partial charge in [0.1, 0.15) is 5.75 Å². The number of anilines is 2. The average Bonchev–Trinajstić information content (AvgIpc) is 3.80. The molecule has 1 aliphatic heterocycles. The third-order valence-corrected chi connectivity index (χ3v) is 10.7. The zero-order chi connectivity index (χ0) is 41.4. The van der Waals surface area contributed by atoms with Gasteiger partial charge in [-0.05, 0) is 78.4 Å². The molecule has 1 saturated carbocycles. The van der Waals surface area contributed by atoms with Crippen molar-refractivity contribution in [2.24, 2.45) is 11.0 Å². The third-order valence-electron chi connectivity index (χ3n) is 9.18. The molecule has 1 amide bonds. The molecule has 2 atom stereocenters. The Morgan fingerprint density at radius 1 is 0.948 bits per heavy atom. The molecule has 5 aromatic rings. The van der Waals surface area contributed by atoms with Crippen molar-refractivity contribution in [1.29, 1.82) is 0 Å². The quantitative estimate of drug-likeness (QED) is 0.133. The lowest BCUT2D eigenvalue weighted by Crippen LogP contribution is -2.34. The van der Waals surface area contributed by atoms with Gasteiger partial charge in [0, 0.05) is 26.4 Å². The fraction of sp³-hybridized carbons (Fsp3) is 0.214. The molecule has 2 N–H and O–H groups in total. The van der Waals surface area contributed by atoms with Crippen LogP contribution in [0, 0.1) is 5.92 Å². The van der Waals surface area contributed by atoms with Crippen LogP contribution >= 0.6 is 34.5 Å². The van der Waals surface area contributed by atoms with Crippen LogP contribution in [0.3, 0.4) is 0 Å². The zero-order valence-electron chi connectivity index (χ0n) is 30.7. The van der Waals surface area contributed by atoms with E-state index in [4.69, 9.17) is 52.7 Å². The number of hydrogen-bond acceptors (Lipinski definition) is 9. The van der Waals surface area contributed by atoms with Crippen molar-refractivity contribution in [2.45, 2.75) is 37.9 Å². The van der Waals surface area contributed by atoms with Crippen LogP contribution in [0.15, 0.2) is 114 Å². The molecule has 0 saturated heterocycles. The first-order valence-corrected chi connectivity index (χ1v) is 19.4. The maximum absolute atomic E-state index is 13.9. The molecule has 2 aliphatic rings. The second-order valence-corrected chi connectivity index (χ2v) is 15.0. The zero-order valence-corrected chi connectivity index (χ0v) is 33.0. The number of carbonyl (C=O) groups is 3. The highest BCUT2D eigenvalue weighted by Gasteiger charge is 2.44. The normalized spacial score (nSPS) is 16.8. The summed E-state index contributed by atoms with van der Waals surface area (Å²) in [6, 6.07) is 32.0. The number of methoxy groups -OCH3 is 1. The number of allylic oxidation sites excluding steroid dienone is 1. The fourth-order valence-corrected chi connectivity index (χ4v) is 7.79. The van der Waals surface area contributed by atoms with E-state index in [0.717, 1.165) is 52.9 Å². The molecular formula is C42H35Cl2F3N4O6S. The summed E-state index contributed by atoms with van der Waals surface area (Å²) in [4.78, 5) is 41.7. The number of carboxylic acids is 1. The number of benzene rings is 4. The molecule has 1 aromatic heterocycles. The standard InChI is InChI=1S/C40H34Cl2N4O4S.C2HF3O2/c1-49-33-13-6-5-12-32(33)43-40-44-38(26-8-3-2-4-9-26)34(51-40)23-36(48)50-24-35(47)46-39(27-16-20-30(42)21-17-27)31-11-7-10-28(37(31)45-46)22-25-14-18-29(41)19-15-25;3-2(4,5)1(6)7/h2-6,8-9,12-22,31,39H,7,10-11,23-24H2,1H3,(H,43,44);(H,6,7)/b28-22-;. The molecule has 2 unspecified atom stereocenters. The monoisotopic (exact) mass is 850 g/mol. The van der Waals surface area contributed by atoms with Crippen molar-refractivity contribution in [3.05, 3.63) is 135 Å². The number of nitrogens with zero attached hydrogens (tertiary/aromatic N) is 3. The molecular weight excluding hydrogens is 816 g/mol. The number of hydrogen-bond donors (Lipinski definition) is 2. The summed E-state index contributed by atoms with van der Waals surface area (Å²) in [5, 5.41) is 18.7. The van der Waals surface area contributed by atoms with Crippen molar-refractivity contribution >= 4 is 75.0 Å². The lowest BCUT2D eigenvalue weighted by Gasteiger charge is -2.29. The van der Waals surface area contributed by atoms with Gasteiger partial charge in [0.05, 0.1) is 36.7 Å². The van der Waals surface area contributed by atoms with Gasteiger partial charge in [-0.15, -0.1) is 11.3 Å². The Balaban J connectivity index is 0.000000743. The van der Waals surface area contributed by atoms with Gasteiger partial charge in [0.25, 0.3) is 5.91 Å². The van der Waals surface area contributed by atoms with Crippen molar-refractivity contribution in [3.63, 3.8) is 0 Å². The van der Waals surface area contributed by atoms with Crippen LogP contribution in [0.25, 0.3) is 17.3 Å². The largest absolute Gasteiger partial charge is 0.495 e. The number of thiazole rings is 1. The number of aromatic nitrogens is 1. The maximum Gasteiger partial charge on any atom is 0.490 e. The predicted octanol–water partition coefficient (Wildman–Crippen LogP) is 10.4. The van der Waals surface area contributed by atoms with E-state index >= 15 is 0 Å². The van der Waals surface area contributed by atoms with Crippen molar-refractivity contribution in [1.82, 2.24) is 9.99 Å². The van der Waals surface area contributed by atoms with Gasteiger partial charge < -0.3 is 19.9 Å². The molecule has 0 bridgehead atoms. The van der Waals surface area contributed by atoms with E-state index in [-0.39, 0.29) is 18.4 Å². The molecule has 1 fully saturated rings. The third kappa shape index (κ3) is 10.4. The number of rotatable bonds is 10. The number of carbonyl (C=O) groups excluding carboxylic acids is 2. The summed E-state index contributed by atoms with van der Waals surface area (Å²) in [6.45, 7) is -0.450. The molecule has 7 rings (SSSR count). The Hall–Kier alpha value is -5.70. The van der Waals surface area contributed by atoms with Crippen LogP contribution in [0.5, 0.6) is 5.75 Å². The Morgan fingerprint density at radius 2 is 1.59 bits per heavy atom. The maximum atomic E-state index is 13.9. The Bertz CT molecular complexity index is 2320. The first-order chi connectivity index (χ1) is 27.8. The van der Waals surface area contributed by atoms with E-state index in [2.05, 4.69) is 11.4 Å². The molecule has 2 heterocycles. The number of aliphatic carboxylic acids is 1. The Labute approximate surface area is 345 Å². The van der Waals surface area contributed by atoms with E-state index < -0.39 is 30.6 Å². The highest BCUT2D eigenvalue weighted by molar-refractivity contribution is 7.16. The summed E-state index contributed by atoms with van der Waals surface area (Å²) in [6.07, 6.45) is -0.364. The van der Waals surface area contributed by atoms with E-state index in [1.807, 2.05) is 103 Å². The minimum atomic E-state index is -5.08. The van der Waals surface area contributed by atoms with E-state index in [1.165, 1.54) is 16.3 Å². The smallest absolute Gasteiger partial charge is 0.490 e. The fourth-order valence-electron chi connectivity index (χ4n) is 6.56. The second-order valence-electron chi connectivity index (χ2n) is 13.1. The van der Waals surface area contributed by atoms with E-state index in [0.29, 0.717) is 31.5 Å². The van der Waals surface area contributed by atoms with Crippen LogP contribution in [-0.4, -0.2) is 58.5 Å². The van der Waals surface area contributed by atoms with Gasteiger partial charge in [-0.3, -0.25) is 9.59 Å². The first-order valence-electron chi connectivity index (χ1n) is 17.8. The topological polar surface area (TPSA) is 130 Å². The number of hydrazone groups is 1. The molecule has 0 radical (unpaired) electrons. The van der Waals surface area contributed by atoms with Gasteiger partial charge in [0.2, 0.25) is 0 Å². The number of nitrogens with one attached hydrogen (secondary N) is 1. The van der Waals surface area contributed by atoms with Gasteiger partial charge in [0.15, 0.2) is 11.7 Å². The molecule has 16 heteroatoms. The number of fused-ring (bicyclic) bond motifs is 1. The van der Waals surface area contributed by atoms with Crippen LogP contribution in [0.2, 0.25) is 10.0 Å². The Morgan fingerprint density at radius 3 is 2.24 bits per heavy atom. The van der Waals surface area contributed by atoms with Gasteiger partial charge in [-0.2, -0.15) is 18.3 Å². The molecule has 1 aliphatic carbocycles. The van der Waals surface area contributed by atoms with Crippen molar-refractivity contribution < 1.29 is 42.1 Å². The number of para-hydroxylation sites is 2. The number of esters is 1. The summed E-state index contributed by atoms with van der Waals surface area (Å²) in [5.74, 6) is -3.04. The number of carboxylic acid groups (broad SMARTS) is 1. The van der Waals surface area contributed by atoms with Crippen LogP contribution in [0.4, 0.5) is 24.0 Å². The number of ether oxygens (including phenoxy) is 2. The predicted molar refractivity (Wildman–Crippen MR) is 217 cm³/mol. The summed E-state index contributed by atoms with van der Waals surface area (Å²) >= 11 is 13.7. The summed E-state index contributed by atoms with van der Waals surface area (Å²) in [5.41, 5.74) is 6.17. The highest BCUT2D eigenvalue weighted by Crippen LogP contribution is 2.45. The minimum Gasteiger partial charge on any atom is -0.495 e. The highest BCUT2D eigenvalue weighted by atomic mass is 35.5. The molecule has 58 heavy (non-hydrogen) atoms. The number of halogens is 5. The number of alkyl halides is 3. The molecule has 4 aromatic carbocycles. The van der Waals surface area contributed by atoms with E-state index in [1.54, 1.807) is 7.11 Å². The van der Waals surface area contributed by atoms with Crippen molar-refractivity contribution in [3.8, 4) is 17.0 Å². The second kappa shape index (κ2) is 18.7. The summed E-state index contributed by atoms with van der Waals surface area (Å²) in [7, 11) is 1.61. The van der Waals surface area contributed by atoms with Gasteiger partial charge >= 0.3 is 18.1 Å². The molecule has 10 nitrogen and oxygen atoms in total. The lowest BCUT2D eigenvalue weighted by molar-refractivity contribution is -0.192. The molecule has 0 spiro atoms. The van der Waals surface area contributed by atoms with Gasteiger partial charge in [-0.25, -0.2) is 14.8 Å². The van der Waals surface area contributed by atoms with Crippen LogP contribution in [0.1, 0.15) is 41.3 Å². The Kier molecular flexibility index (Phi) is 13.5. The lowest BCUT2D eigenvalue weighted by atomic mass is 9.77. The average molecular weight is 852 g/mol. The SMILES string of the molecule is COc1ccccc1Nc1nc(-c2ccccc2)c(CC(=O)OCC(=O)N2N=C3/C(=C\c4ccc(Cl)cc4)CCCC3C2c2ccc(Cl)cc2)s1.O=C(O)C(F)(F)F. The van der Waals surface area contributed by atoms with E-state index in [9.17, 15) is 22.8 Å². The van der Waals surface area contributed by atoms with Crippen LogP contribution in [-0.2, 0) is 25.5 Å². The first kappa shape index (κ1) is 41.9. The van der Waals surface area contributed by atoms with Gasteiger partial charge in [-0.1, -0.05) is 89.9 Å². The summed E-state index contributed by atoms with van der Waals surface area (Å²) < 4.78 is 42.9.